The minimum atomic E-state index is 0.922. The normalized spacial score (nSPS) is 10.9. The summed E-state index contributed by atoms with van der Waals surface area (Å²) in [5.74, 6) is 0. The zero-order valence-corrected chi connectivity index (χ0v) is 9.88. The smallest absolute Gasteiger partial charge is 0.158 e. The molecule has 0 spiro atoms. The van der Waals surface area contributed by atoms with Gasteiger partial charge in [0.25, 0.3) is 0 Å². The van der Waals surface area contributed by atoms with Gasteiger partial charge in [0.15, 0.2) is 5.65 Å². The Bertz CT molecular complexity index is 683. The lowest BCUT2D eigenvalue weighted by molar-refractivity contribution is 0.953. The highest BCUT2D eigenvalue weighted by Gasteiger charge is 2.10. The van der Waals surface area contributed by atoms with Gasteiger partial charge in [-0.1, -0.05) is 24.3 Å². The van der Waals surface area contributed by atoms with Crippen LogP contribution >= 0.6 is 0 Å². The number of hydrogen-bond acceptors (Lipinski definition) is 2. The van der Waals surface area contributed by atoms with Gasteiger partial charge < -0.3 is 4.57 Å². The maximum Gasteiger partial charge on any atom is 0.158 e. The maximum absolute atomic E-state index is 4.36. The Kier molecular flexibility index (Phi) is 2.18. The molecule has 3 heteroatoms. The van der Waals surface area contributed by atoms with Crippen LogP contribution in [0.1, 0.15) is 5.56 Å². The van der Waals surface area contributed by atoms with Crippen molar-refractivity contribution >= 4 is 11.2 Å². The first-order valence-corrected chi connectivity index (χ1v) is 5.60. The van der Waals surface area contributed by atoms with Crippen molar-refractivity contribution in [2.75, 3.05) is 0 Å². The van der Waals surface area contributed by atoms with Gasteiger partial charge in [-0.2, -0.15) is 0 Å². The second kappa shape index (κ2) is 3.70. The molecule has 0 aliphatic carbocycles. The second-order valence-electron chi connectivity index (χ2n) is 4.17. The van der Waals surface area contributed by atoms with Crippen LogP contribution < -0.4 is 0 Å². The summed E-state index contributed by atoms with van der Waals surface area (Å²) in [5.41, 5.74) is 5.51. The molecule has 0 fully saturated rings. The van der Waals surface area contributed by atoms with Gasteiger partial charge in [0.1, 0.15) is 5.52 Å². The Hall–Kier alpha value is -2.16. The first kappa shape index (κ1) is 10.0. The number of hydrogen-bond donors (Lipinski definition) is 0. The lowest BCUT2D eigenvalue weighted by Crippen LogP contribution is -1.94. The molecule has 0 bridgehead atoms. The van der Waals surface area contributed by atoms with Crippen molar-refractivity contribution in [1.82, 2.24) is 14.5 Å². The van der Waals surface area contributed by atoms with Crippen LogP contribution in [0.15, 0.2) is 42.7 Å². The molecular formula is C14H13N3. The van der Waals surface area contributed by atoms with Gasteiger partial charge in [0.2, 0.25) is 0 Å². The number of rotatable bonds is 1. The number of benzene rings is 1. The first-order valence-electron chi connectivity index (χ1n) is 5.60. The summed E-state index contributed by atoms with van der Waals surface area (Å²) >= 11 is 0. The Balaban J connectivity index is 2.32. The Labute approximate surface area is 99.8 Å². The number of aromatic nitrogens is 3. The van der Waals surface area contributed by atoms with Gasteiger partial charge >= 0.3 is 0 Å². The molecule has 0 radical (unpaired) electrons. The van der Waals surface area contributed by atoms with Crippen molar-refractivity contribution < 1.29 is 0 Å². The predicted molar refractivity (Wildman–Crippen MR) is 68.7 cm³/mol. The van der Waals surface area contributed by atoms with Gasteiger partial charge in [0, 0.05) is 25.0 Å². The van der Waals surface area contributed by atoms with Crippen LogP contribution in [0.25, 0.3) is 22.4 Å². The highest BCUT2D eigenvalue weighted by Crippen LogP contribution is 2.27. The topological polar surface area (TPSA) is 30.7 Å². The first-order chi connectivity index (χ1) is 8.27. The molecule has 2 aromatic heterocycles. The van der Waals surface area contributed by atoms with Crippen molar-refractivity contribution in [2.24, 2.45) is 7.05 Å². The van der Waals surface area contributed by atoms with Gasteiger partial charge in [-0.05, 0) is 18.6 Å². The van der Waals surface area contributed by atoms with E-state index in [9.17, 15) is 0 Å². The molecule has 0 saturated heterocycles. The Morgan fingerprint density at radius 1 is 1.06 bits per heavy atom. The fraction of sp³-hybridized carbons (Fsp3) is 0.143. The molecule has 3 nitrogen and oxygen atoms in total. The fourth-order valence-corrected chi connectivity index (χ4v) is 2.16. The molecule has 2 heterocycles. The lowest BCUT2D eigenvalue weighted by Gasteiger charge is -2.06. The summed E-state index contributed by atoms with van der Waals surface area (Å²) in [7, 11) is 2.03. The monoisotopic (exact) mass is 223 g/mol. The molecule has 0 N–H and O–H groups in total. The number of fused-ring (bicyclic) bond motifs is 1. The zero-order valence-electron chi connectivity index (χ0n) is 9.88. The Morgan fingerprint density at radius 2 is 1.82 bits per heavy atom. The van der Waals surface area contributed by atoms with E-state index >= 15 is 0 Å². The van der Waals surface area contributed by atoms with E-state index in [2.05, 4.69) is 51.8 Å². The van der Waals surface area contributed by atoms with Gasteiger partial charge in [-0.15, -0.1) is 0 Å². The molecule has 0 saturated carbocycles. The van der Waals surface area contributed by atoms with Crippen LogP contribution in [-0.4, -0.2) is 14.5 Å². The third-order valence-electron chi connectivity index (χ3n) is 3.08. The van der Waals surface area contributed by atoms with E-state index in [1.54, 1.807) is 12.4 Å². The Morgan fingerprint density at radius 3 is 2.59 bits per heavy atom. The maximum atomic E-state index is 4.36. The summed E-state index contributed by atoms with van der Waals surface area (Å²) in [5, 5.41) is 0. The van der Waals surface area contributed by atoms with Gasteiger partial charge in [-0.3, -0.25) is 4.98 Å². The fourth-order valence-electron chi connectivity index (χ4n) is 2.16. The van der Waals surface area contributed by atoms with Gasteiger partial charge in [0.05, 0.1) is 5.69 Å². The standard InChI is InChI=1S/C14H13N3/c1-10-5-3-4-6-11(10)13-9-12-14(17(13)2)16-8-7-15-12/h3-9H,1-2H3. The van der Waals surface area contributed by atoms with Crippen molar-refractivity contribution in [2.45, 2.75) is 6.92 Å². The van der Waals surface area contributed by atoms with E-state index in [-0.39, 0.29) is 0 Å². The van der Waals surface area contributed by atoms with Crippen LogP contribution in [0.3, 0.4) is 0 Å². The molecule has 0 unspecified atom stereocenters. The predicted octanol–water partition coefficient (Wildman–Crippen LogP) is 2.94. The van der Waals surface area contributed by atoms with Crippen molar-refractivity contribution in [3.05, 3.63) is 48.3 Å². The number of aryl methyl sites for hydroxylation is 2. The zero-order chi connectivity index (χ0) is 11.8. The average molecular weight is 223 g/mol. The van der Waals surface area contributed by atoms with Crippen molar-refractivity contribution in [1.29, 1.82) is 0 Å². The van der Waals surface area contributed by atoms with Crippen LogP contribution in [0.5, 0.6) is 0 Å². The van der Waals surface area contributed by atoms with E-state index in [0.29, 0.717) is 0 Å². The summed E-state index contributed by atoms with van der Waals surface area (Å²) in [6.07, 6.45) is 3.45. The largest absolute Gasteiger partial charge is 0.327 e. The quantitative estimate of drug-likeness (QED) is 0.635. The van der Waals surface area contributed by atoms with Crippen LogP contribution in [0.2, 0.25) is 0 Å². The third kappa shape index (κ3) is 1.51. The molecule has 1 aromatic carbocycles. The molecular weight excluding hydrogens is 210 g/mol. The molecule has 3 rings (SSSR count). The van der Waals surface area contributed by atoms with Gasteiger partial charge in [-0.25, -0.2) is 4.98 Å². The SMILES string of the molecule is Cc1ccccc1-c1cc2nccnc2n1C. The summed E-state index contributed by atoms with van der Waals surface area (Å²) < 4.78 is 2.09. The molecule has 0 atom stereocenters. The summed E-state index contributed by atoms with van der Waals surface area (Å²) in [6.45, 7) is 2.12. The molecule has 17 heavy (non-hydrogen) atoms. The average Bonchev–Trinajstić information content (AvgIpc) is 2.68. The van der Waals surface area contributed by atoms with Crippen molar-refractivity contribution in [3.63, 3.8) is 0 Å². The van der Waals surface area contributed by atoms with E-state index in [1.165, 1.54) is 11.1 Å². The van der Waals surface area contributed by atoms with Crippen LogP contribution in [0.4, 0.5) is 0 Å². The molecule has 0 amide bonds. The minimum Gasteiger partial charge on any atom is -0.327 e. The van der Waals surface area contributed by atoms with Crippen LogP contribution in [0, 0.1) is 6.92 Å². The van der Waals surface area contributed by atoms with E-state index in [4.69, 9.17) is 0 Å². The summed E-state index contributed by atoms with van der Waals surface area (Å²) in [4.78, 5) is 8.69. The second-order valence-corrected chi connectivity index (χ2v) is 4.17. The highest BCUT2D eigenvalue weighted by atomic mass is 15.0. The summed E-state index contributed by atoms with van der Waals surface area (Å²) in [6, 6.07) is 10.4. The van der Waals surface area contributed by atoms with Crippen LogP contribution in [-0.2, 0) is 7.05 Å². The van der Waals surface area contributed by atoms with E-state index < -0.39 is 0 Å². The molecule has 84 valence electrons. The number of nitrogens with zero attached hydrogens (tertiary/aromatic N) is 3. The van der Waals surface area contributed by atoms with E-state index in [1.807, 2.05) is 7.05 Å². The molecule has 0 aliphatic rings. The molecule has 0 aliphatic heterocycles. The lowest BCUT2D eigenvalue weighted by atomic mass is 10.1. The third-order valence-corrected chi connectivity index (χ3v) is 3.08. The van der Waals surface area contributed by atoms with Crippen molar-refractivity contribution in [3.8, 4) is 11.3 Å². The molecule has 3 aromatic rings. The highest BCUT2D eigenvalue weighted by molar-refractivity contribution is 5.81. The van der Waals surface area contributed by atoms with E-state index in [0.717, 1.165) is 16.9 Å². The minimum absolute atomic E-state index is 0.922.